The molecule has 1 heterocycles. The molecule has 0 amide bonds. The SMILES string of the molecule is Cc1cccc(Cl)c1N1CCCN(C2CCC2)C1=S. The van der Waals surface area contributed by atoms with Crippen molar-refractivity contribution in [2.45, 2.75) is 38.6 Å². The average Bonchev–Trinajstić information content (AvgIpc) is 2.31. The third-order valence-electron chi connectivity index (χ3n) is 4.23. The van der Waals surface area contributed by atoms with Gasteiger partial charge in [-0.15, -0.1) is 0 Å². The Morgan fingerprint density at radius 1 is 1.21 bits per heavy atom. The maximum atomic E-state index is 6.38. The molecule has 1 aromatic carbocycles. The molecule has 3 rings (SSSR count). The first-order chi connectivity index (χ1) is 9.18. The predicted molar refractivity (Wildman–Crippen MR) is 85.1 cm³/mol. The van der Waals surface area contributed by atoms with Crippen LogP contribution in [0.15, 0.2) is 18.2 Å². The van der Waals surface area contributed by atoms with Gasteiger partial charge in [0.1, 0.15) is 0 Å². The lowest BCUT2D eigenvalue weighted by Crippen LogP contribution is -2.55. The van der Waals surface area contributed by atoms with Crippen molar-refractivity contribution in [3.8, 4) is 0 Å². The Bertz CT molecular complexity index is 479. The fourth-order valence-electron chi connectivity index (χ4n) is 2.96. The van der Waals surface area contributed by atoms with Crippen molar-refractivity contribution in [2.24, 2.45) is 0 Å². The lowest BCUT2D eigenvalue weighted by atomic mass is 9.91. The highest BCUT2D eigenvalue weighted by Gasteiger charge is 2.33. The van der Waals surface area contributed by atoms with E-state index in [-0.39, 0.29) is 0 Å². The van der Waals surface area contributed by atoms with Gasteiger partial charge in [-0.25, -0.2) is 0 Å². The minimum atomic E-state index is 0.665. The fourth-order valence-corrected chi connectivity index (χ4v) is 3.70. The largest absolute Gasteiger partial charge is 0.346 e. The van der Waals surface area contributed by atoms with E-state index >= 15 is 0 Å². The summed E-state index contributed by atoms with van der Waals surface area (Å²) in [5.41, 5.74) is 2.29. The molecule has 2 fully saturated rings. The van der Waals surface area contributed by atoms with E-state index in [0.717, 1.165) is 35.3 Å². The van der Waals surface area contributed by atoms with Crippen molar-refractivity contribution in [3.63, 3.8) is 0 Å². The zero-order valence-electron chi connectivity index (χ0n) is 11.2. The maximum Gasteiger partial charge on any atom is 0.176 e. The topological polar surface area (TPSA) is 6.48 Å². The smallest absolute Gasteiger partial charge is 0.176 e. The van der Waals surface area contributed by atoms with E-state index in [4.69, 9.17) is 23.8 Å². The van der Waals surface area contributed by atoms with Crippen LogP contribution in [0.5, 0.6) is 0 Å². The maximum absolute atomic E-state index is 6.38. The Morgan fingerprint density at radius 3 is 2.63 bits per heavy atom. The van der Waals surface area contributed by atoms with Gasteiger partial charge in [0, 0.05) is 19.1 Å². The lowest BCUT2D eigenvalue weighted by Gasteiger charge is -2.46. The van der Waals surface area contributed by atoms with Crippen molar-refractivity contribution in [3.05, 3.63) is 28.8 Å². The summed E-state index contributed by atoms with van der Waals surface area (Å²) >= 11 is 12.1. The summed E-state index contributed by atoms with van der Waals surface area (Å²) in [4.78, 5) is 4.64. The second-order valence-corrected chi connectivity index (χ2v) is 6.24. The van der Waals surface area contributed by atoms with Gasteiger partial charge in [0.05, 0.1) is 10.7 Å². The van der Waals surface area contributed by atoms with Gasteiger partial charge in [0.15, 0.2) is 5.11 Å². The Morgan fingerprint density at radius 2 is 2.00 bits per heavy atom. The number of hydrogen-bond donors (Lipinski definition) is 0. The van der Waals surface area contributed by atoms with E-state index in [2.05, 4.69) is 22.8 Å². The van der Waals surface area contributed by atoms with E-state index in [1.807, 2.05) is 12.1 Å². The number of aryl methyl sites for hydroxylation is 1. The van der Waals surface area contributed by atoms with Crippen molar-refractivity contribution in [2.75, 3.05) is 18.0 Å². The van der Waals surface area contributed by atoms with Gasteiger partial charge in [-0.3, -0.25) is 0 Å². The molecule has 0 atom stereocenters. The minimum Gasteiger partial charge on any atom is -0.346 e. The highest BCUT2D eigenvalue weighted by atomic mass is 35.5. The van der Waals surface area contributed by atoms with Crippen molar-refractivity contribution in [1.82, 2.24) is 4.90 Å². The van der Waals surface area contributed by atoms with Crippen LogP contribution < -0.4 is 4.90 Å². The van der Waals surface area contributed by atoms with E-state index < -0.39 is 0 Å². The normalized spacial score (nSPS) is 20.6. The third kappa shape index (κ3) is 2.34. The number of para-hydroxylation sites is 1. The average molecular weight is 295 g/mol. The van der Waals surface area contributed by atoms with Crippen LogP contribution >= 0.6 is 23.8 Å². The van der Waals surface area contributed by atoms with Crippen LogP contribution in [0.1, 0.15) is 31.2 Å². The van der Waals surface area contributed by atoms with Crippen LogP contribution in [0.3, 0.4) is 0 Å². The van der Waals surface area contributed by atoms with Crippen LogP contribution in [0.2, 0.25) is 5.02 Å². The molecule has 102 valence electrons. The molecule has 0 radical (unpaired) electrons. The first kappa shape index (κ1) is 13.2. The highest BCUT2D eigenvalue weighted by Crippen LogP contribution is 2.34. The Kier molecular flexibility index (Phi) is 3.68. The summed E-state index contributed by atoms with van der Waals surface area (Å²) in [5.74, 6) is 0. The molecule has 2 nitrogen and oxygen atoms in total. The van der Waals surface area contributed by atoms with Crippen molar-refractivity contribution >= 4 is 34.6 Å². The van der Waals surface area contributed by atoms with Gasteiger partial charge in [0.2, 0.25) is 0 Å². The highest BCUT2D eigenvalue weighted by molar-refractivity contribution is 7.80. The number of thiocarbonyl (C=S) groups is 1. The summed E-state index contributed by atoms with van der Waals surface area (Å²) in [5, 5.41) is 1.77. The van der Waals surface area contributed by atoms with E-state index in [1.165, 1.54) is 24.8 Å². The number of hydrogen-bond acceptors (Lipinski definition) is 1. The molecule has 0 unspecified atom stereocenters. The fraction of sp³-hybridized carbons (Fsp3) is 0.533. The van der Waals surface area contributed by atoms with Crippen molar-refractivity contribution in [1.29, 1.82) is 0 Å². The molecule has 1 aliphatic heterocycles. The Hall–Kier alpha value is -0.800. The molecule has 0 spiro atoms. The molecular formula is C15H19ClN2S. The first-order valence-electron chi connectivity index (χ1n) is 7.02. The van der Waals surface area contributed by atoms with E-state index in [1.54, 1.807) is 0 Å². The van der Waals surface area contributed by atoms with Gasteiger partial charge in [-0.1, -0.05) is 23.7 Å². The van der Waals surface area contributed by atoms with Crippen LogP contribution in [-0.2, 0) is 0 Å². The summed E-state index contributed by atoms with van der Waals surface area (Å²) in [6.07, 6.45) is 5.07. The molecule has 1 saturated heterocycles. The molecule has 2 aliphatic rings. The quantitative estimate of drug-likeness (QED) is 0.761. The lowest BCUT2D eigenvalue weighted by molar-refractivity contribution is 0.200. The molecule has 1 aliphatic carbocycles. The molecule has 1 saturated carbocycles. The molecule has 4 heteroatoms. The number of benzene rings is 1. The molecule has 0 aromatic heterocycles. The summed E-state index contributed by atoms with van der Waals surface area (Å²) in [7, 11) is 0. The number of halogens is 1. The van der Waals surface area contributed by atoms with Crippen LogP contribution in [0.25, 0.3) is 0 Å². The van der Waals surface area contributed by atoms with Gasteiger partial charge in [-0.05, 0) is 56.5 Å². The second kappa shape index (κ2) is 5.29. The number of rotatable bonds is 2. The molecule has 19 heavy (non-hydrogen) atoms. The molecular weight excluding hydrogens is 276 g/mol. The standard InChI is InChI=1S/C15H19ClN2S/c1-11-5-2-8-13(16)14(11)18-10-4-9-17(15(18)19)12-6-3-7-12/h2,5,8,12H,3-4,6-7,9-10H2,1H3. The summed E-state index contributed by atoms with van der Waals surface area (Å²) < 4.78 is 0. The molecule has 0 N–H and O–H groups in total. The Labute approximate surface area is 125 Å². The van der Waals surface area contributed by atoms with E-state index in [9.17, 15) is 0 Å². The molecule has 0 bridgehead atoms. The van der Waals surface area contributed by atoms with Gasteiger partial charge < -0.3 is 9.80 Å². The Balaban J connectivity index is 1.89. The van der Waals surface area contributed by atoms with Gasteiger partial charge in [-0.2, -0.15) is 0 Å². The molecule has 1 aromatic rings. The first-order valence-corrected chi connectivity index (χ1v) is 7.80. The van der Waals surface area contributed by atoms with Crippen LogP contribution in [0.4, 0.5) is 5.69 Å². The van der Waals surface area contributed by atoms with Crippen molar-refractivity contribution < 1.29 is 0 Å². The second-order valence-electron chi connectivity index (χ2n) is 5.47. The monoisotopic (exact) mass is 294 g/mol. The zero-order valence-corrected chi connectivity index (χ0v) is 12.8. The van der Waals surface area contributed by atoms with E-state index in [0.29, 0.717) is 6.04 Å². The predicted octanol–water partition coefficient (Wildman–Crippen LogP) is 4.00. The van der Waals surface area contributed by atoms with Crippen LogP contribution in [0, 0.1) is 6.92 Å². The summed E-state index contributed by atoms with van der Waals surface area (Å²) in [6, 6.07) is 6.72. The number of nitrogens with zero attached hydrogens (tertiary/aromatic N) is 2. The summed E-state index contributed by atoms with van der Waals surface area (Å²) in [6.45, 7) is 4.18. The zero-order chi connectivity index (χ0) is 13.4. The van der Waals surface area contributed by atoms with Gasteiger partial charge >= 0.3 is 0 Å². The van der Waals surface area contributed by atoms with Gasteiger partial charge in [0.25, 0.3) is 0 Å². The third-order valence-corrected chi connectivity index (χ3v) is 4.99. The van der Waals surface area contributed by atoms with Crippen LogP contribution in [-0.4, -0.2) is 29.1 Å². The minimum absolute atomic E-state index is 0.665. The number of anilines is 1.